The molecule has 0 radical (unpaired) electrons. The molecule has 2 aromatic heterocycles. The quantitative estimate of drug-likeness (QED) is 0.195. The molecule has 2 aromatic carbocycles. The largest absolute Gasteiger partial charge is 0.345 e. The van der Waals surface area contributed by atoms with Crippen LogP contribution in [0.4, 0.5) is 23.2 Å². The SMILES string of the molecule is O=C(c1c(F)ccc(NSc2cc(F)ccc2F)c1F)c1c[nH]c2ncc(Br)cc12. The third kappa shape index (κ3) is 3.80. The Hall–Kier alpha value is -2.85. The molecule has 0 bridgehead atoms. The third-order valence-corrected chi connectivity index (χ3v) is 5.51. The molecule has 4 aromatic rings. The second-order valence-electron chi connectivity index (χ2n) is 6.14. The fourth-order valence-electron chi connectivity index (χ4n) is 2.81. The van der Waals surface area contributed by atoms with E-state index in [4.69, 9.17) is 0 Å². The molecule has 0 saturated heterocycles. The van der Waals surface area contributed by atoms with Crippen molar-refractivity contribution in [1.82, 2.24) is 9.97 Å². The van der Waals surface area contributed by atoms with Crippen molar-refractivity contribution in [2.45, 2.75) is 4.90 Å². The normalized spacial score (nSPS) is 11.1. The lowest BCUT2D eigenvalue weighted by molar-refractivity contribution is 0.103. The fourth-order valence-corrected chi connectivity index (χ4v) is 3.85. The Bertz CT molecular complexity index is 1290. The number of rotatable bonds is 5. The molecule has 0 aliphatic heterocycles. The van der Waals surface area contributed by atoms with Crippen molar-refractivity contribution in [3.8, 4) is 0 Å². The van der Waals surface area contributed by atoms with Crippen LogP contribution in [0.2, 0.25) is 0 Å². The number of H-pyrrole nitrogens is 1. The molecule has 2 N–H and O–H groups in total. The zero-order chi connectivity index (χ0) is 21.4. The molecule has 0 unspecified atom stereocenters. The maximum atomic E-state index is 15.0. The number of halogens is 5. The molecule has 0 amide bonds. The molecule has 0 aliphatic rings. The Kier molecular flexibility index (Phi) is 5.52. The number of nitrogens with one attached hydrogen (secondary N) is 2. The van der Waals surface area contributed by atoms with E-state index >= 15 is 0 Å². The number of fused-ring (bicyclic) bond motifs is 1. The van der Waals surface area contributed by atoms with Gasteiger partial charge in [0.2, 0.25) is 5.78 Å². The summed E-state index contributed by atoms with van der Waals surface area (Å²) in [5.41, 5.74) is -0.611. The van der Waals surface area contributed by atoms with Gasteiger partial charge >= 0.3 is 0 Å². The van der Waals surface area contributed by atoms with Crippen molar-refractivity contribution >= 4 is 50.4 Å². The standard InChI is InChI=1S/C20H10BrF4N3OS/c21-9-5-11-12(8-27-20(11)26-7-9)19(29)17-14(24)3-4-15(18(17)25)28-30-16-6-10(22)1-2-13(16)23/h1-8,28H,(H,26,27). The van der Waals surface area contributed by atoms with Gasteiger partial charge in [-0.05, 0) is 64.3 Å². The van der Waals surface area contributed by atoms with Gasteiger partial charge in [-0.2, -0.15) is 0 Å². The molecule has 4 nitrogen and oxygen atoms in total. The van der Waals surface area contributed by atoms with Crippen molar-refractivity contribution in [2.75, 3.05) is 4.72 Å². The molecule has 4 rings (SSSR count). The zero-order valence-corrected chi connectivity index (χ0v) is 17.2. The Morgan fingerprint density at radius 1 is 1.07 bits per heavy atom. The Morgan fingerprint density at radius 2 is 1.83 bits per heavy atom. The summed E-state index contributed by atoms with van der Waals surface area (Å²) in [5, 5.41) is 0.391. The van der Waals surface area contributed by atoms with Crippen LogP contribution in [0.25, 0.3) is 11.0 Å². The first-order valence-corrected chi connectivity index (χ1v) is 9.99. The summed E-state index contributed by atoms with van der Waals surface area (Å²) in [6.45, 7) is 0. The molecule has 152 valence electrons. The average Bonchev–Trinajstić information content (AvgIpc) is 3.12. The number of hydrogen-bond donors (Lipinski definition) is 2. The van der Waals surface area contributed by atoms with Gasteiger partial charge in [-0.3, -0.25) is 4.79 Å². The molecule has 30 heavy (non-hydrogen) atoms. The van der Waals surface area contributed by atoms with Gasteiger partial charge in [-0.15, -0.1) is 0 Å². The Labute approximate surface area is 180 Å². The summed E-state index contributed by atoms with van der Waals surface area (Å²) < 4.78 is 59.5. The van der Waals surface area contributed by atoms with Crippen LogP contribution in [0.3, 0.4) is 0 Å². The zero-order valence-electron chi connectivity index (χ0n) is 14.8. The highest BCUT2D eigenvalue weighted by molar-refractivity contribution is 9.10. The molecule has 0 fully saturated rings. The number of anilines is 1. The minimum Gasteiger partial charge on any atom is -0.345 e. The lowest BCUT2D eigenvalue weighted by atomic mass is 10.0. The smallest absolute Gasteiger partial charge is 0.201 e. The van der Waals surface area contributed by atoms with Gasteiger partial charge in [-0.25, -0.2) is 22.5 Å². The van der Waals surface area contributed by atoms with Crippen molar-refractivity contribution in [2.24, 2.45) is 0 Å². The van der Waals surface area contributed by atoms with Gasteiger partial charge in [0.05, 0.1) is 16.1 Å². The topological polar surface area (TPSA) is 57.8 Å². The summed E-state index contributed by atoms with van der Waals surface area (Å²) in [6.07, 6.45) is 2.84. The van der Waals surface area contributed by atoms with Crippen molar-refractivity contribution in [1.29, 1.82) is 0 Å². The predicted molar refractivity (Wildman–Crippen MR) is 109 cm³/mol. The first kappa shape index (κ1) is 20.4. The van der Waals surface area contributed by atoms with Gasteiger partial charge in [0.25, 0.3) is 0 Å². The number of carbonyl (C=O) groups excluding carboxylic acids is 1. The monoisotopic (exact) mass is 495 g/mol. The molecule has 0 saturated carbocycles. The number of aromatic amines is 1. The number of nitrogens with zero attached hydrogens (tertiary/aromatic N) is 1. The lowest BCUT2D eigenvalue weighted by Crippen LogP contribution is -2.09. The molecule has 0 atom stereocenters. The van der Waals surface area contributed by atoms with Crippen LogP contribution in [0.5, 0.6) is 0 Å². The highest BCUT2D eigenvalue weighted by Gasteiger charge is 2.24. The molecule has 2 heterocycles. The minimum absolute atomic E-state index is 0.0394. The van der Waals surface area contributed by atoms with E-state index in [2.05, 4.69) is 30.6 Å². The second-order valence-corrected chi connectivity index (χ2v) is 7.91. The Morgan fingerprint density at radius 3 is 2.63 bits per heavy atom. The van der Waals surface area contributed by atoms with Crippen LogP contribution in [0.1, 0.15) is 15.9 Å². The van der Waals surface area contributed by atoms with E-state index in [1.165, 1.54) is 12.4 Å². The van der Waals surface area contributed by atoms with E-state index in [-0.39, 0.29) is 16.1 Å². The highest BCUT2D eigenvalue weighted by Crippen LogP contribution is 2.31. The van der Waals surface area contributed by atoms with Crippen LogP contribution in [-0.4, -0.2) is 15.8 Å². The summed E-state index contributed by atoms with van der Waals surface area (Å²) in [7, 11) is 0. The van der Waals surface area contributed by atoms with Gasteiger partial charge in [-0.1, -0.05) is 0 Å². The molecular formula is C20H10BrF4N3OS. The Balaban J connectivity index is 1.69. The number of benzene rings is 2. The first-order valence-electron chi connectivity index (χ1n) is 8.38. The van der Waals surface area contributed by atoms with Crippen molar-refractivity contribution < 1.29 is 22.4 Å². The molecule has 0 spiro atoms. The van der Waals surface area contributed by atoms with E-state index in [1.54, 1.807) is 6.07 Å². The van der Waals surface area contributed by atoms with Crippen LogP contribution in [-0.2, 0) is 0 Å². The van der Waals surface area contributed by atoms with Crippen LogP contribution in [0.15, 0.2) is 58.2 Å². The van der Waals surface area contributed by atoms with E-state index < -0.39 is 34.6 Å². The van der Waals surface area contributed by atoms with Crippen molar-refractivity contribution in [3.05, 3.63) is 87.7 Å². The minimum atomic E-state index is -1.15. The van der Waals surface area contributed by atoms with Crippen LogP contribution >= 0.6 is 27.9 Å². The summed E-state index contributed by atoms with van der Waals surface area (Å²) in [5.74, 6) is -4.48. The number of pyridine rings is 1. The molecular weight excluding hydrogens is 486 g/mol. The molecule has 10 heteroatoms. The third-order valence-electron chi connectivity index (χ3n) is 4.22. The van der Waals surface area contributed by atoms with E-state index in [0.29, 0.717) is 27.5 Å². The maximum Gasteiger partial charge on any atom is 0.201 e. The number of hydrogen-bond acceptors (Lipinski definition) is 4. The van der Waals surface area contributed by atoms with Gasteiger partial charge in [0, 0.05) is 27.8 Å². The number of carbonyl (C=O) groups is 1. The first-order chi connectivity index (χ1) is 14.3. The van der Waals surface area contributed by atoms with E-state index in [9.17, 15) is 22.4 Å². The lowest BCUT2D eigenvalue weighted by Gasteiger charge is -2.11. The van der Waals surface area contributed by atoms with Crippen LogP contribution < -0.4 is 4.72 Å². The predicted octanol–water partition coefficient (Wildman–Crippen LogP) is 6.23. The summed E-state index contributed by atoms with van der Waals surface area (Å²) in [6, 6.07) is 6.40. The maximum absolute atomic E-state index is 15.0. The van der Waals surface area contributed by atoms with Gasteiger partial charge < -0.3 is 9.71 Å². The average molecular weight is 496 g/mol. The highest BCUT2D eigenvalue weighted by atomic mass is 79.9. The summed E-state index contributed by atoms with van der Waals surface area (Å²) in [4.78, 5) is 19.7. The number of aromatic nitrogens is 2. The summed E-state index contributed by atoms with van der Waals surface area (Å²) >= 11 is 3.84. The van der Waals surface area contributed by atoms with E-state index in [1.807, 2.05) is 0 Å². The fraction of sp³-hybridized carbons (Fsp3) is 0. The van der Waals surface area contributed by atoms with E-state index in [0.717, 1.165) is 30.3 Å². The van der Waals surface area contributed by atoms with Crippen LogP contribution in [0, 0.1) is 23.3 Å². The van der Waals surface area contributed by atoms with Crippen molar-refractivity contribution in [3.63, 3.8) is 0 Å². The number of ketones is 1. The van der Waals surface area contributed by atoms with Gasteiger partial charge in [0.1, 0.15) is 23.1 Å². The van der Waals surface area contributed by atoms with Gasteiger partial charge in [0.15, 0.2) is 5.82 Å². The molecule has 0 aliphatic carbocycles. The second kappa shape index (κ2) is 8.11.